The molecule has 0 fully saturated rings. The van der Waals surface area contributed by atoms with Crippen molar-refractivity contribution in [2.45, 2.75) is 180 Å². The van der Waals surface area contributed by atoms with E-state index in [-0.39, 0.29) is 32.0 Å². The third-order valence-corrected chi connectivity index (χ3v) is 9.53. The van der Waals surface area contributed by atoms with Gasteiger partial charge in [0, 0.05) is 12.8 Å². The van der Waals surface area contributed by atoms with E-state index in [1.807, 2.05) is 21.1 Å². The zero-order valence-corrected chi connectivity index (χ0v) is 33.3. The van der Waals surface area contributed by atoms with Crippen molar-refractivity contribution in [1.29, 1.82) is 0 Å². The molecule has 0 heterocycles. The molecule has 0 saturated carbocycles. The van der Waals surface area contributed by atoms with Gasteiger partial charge in [-0.3, -0.25) is 18.6 Å². The molecule has 49 heavy (non-hydrogen) atoms. The van der Waals surface area contributed by atoms with Crippen LogP contribution >= 0.6 is 7.82 Å². The van der Waals surface area contributed by atoms with Crippen LogP contribution in [0, 0.1) is 0 Å². The van der Waals surface area contributed by atoms with Crippen LogP contribution < -0.4 is 0 Å². The van der Waals surface area contributed by atoms with E-state index >= 15 is 0 Å². The Bertz CT molecular complexity index is 860. The standard InChI is InChI=1S/C39H76NO8P/c1-6-8-10-12-14-16-18-19-20-22-24-26-28-30-32-39(42)48-37(36-47-49(43,44)46-34-33-40(3,4)5)35-45-38(41)31-29-27-25-23-21-17-15-13-11-9-7-2/h13,15,37H,6-12,14,16-36H2,1-5H3/p+1/b15-13-/t37-/m1/s1. The molecule has 9 nitrogen and oxygen atoms in total. The van der Waals surface area contributed by atoms with Crippen LogP contribution in [-0.2, 0) is 32.7 Å². The summed E-state index contributed by atoms with van der Waals surface area (Å²) >= 11 is 0. The number of unbranched alkanes of at least 4 members (excludes halogenated alkanes) is 20. The number of carbonyl (C=O) groups excluding carboxylic acids is 2. The minimum absolute atomic E-state index is 0.0332. The SMILES string of the molecule is CCCC/C=C\CCCCCCCC(=O)OC[C@H](COP(=O)(O)OCC[N+](C)(C)C)OC(=O)CCCCCCCCCCCCCCCC. The zero-order chi connectivity index (χ0) is 36.5. The lowest BCUT2D eigenvalue weighted by Gasteiger charge is -2.24. The van der Waals surface area contributed by atoms with E-state index in [0.717, 1.165) is 57.8 Å². The number of quaternary nitrogens is 1. The summed E-state index contributed by atoms with van der Waals surface area (Å²) in [6, 6.07) is 0. The molecule has 1 N–H and O–H groups in total. The normalized spacial score (nSPS) is 13.8. The first kappa shape index (κ1) is 47.8. The Morgan fingerprint density at radius 1 is 0.612 bits per heavy atom. The summed E-state index contributed by atoms with van der Waals surface area (Å²) in [4.78, 5) is 35.2. The molecule has 0 rings (SSSR count). The molecule has 0 bridgehead atoms. The van der Waals surface area contributed by atoms with Crippen molar-refractivity contribution >= 4 is 19.8 Å². The highest BCUT2D eigenvalue weighted by molar-refractivity contribution is 7.47. The second kappa shape index (κ2) is 32.6. The van der Waals surface area contributed by atoms with E-state index in [2.05, 4.69) is 26.0 Å². The number of phosphoric acid groups is 1. The molecule has 2 atom stereocenters. The molecule has 0 spiro atoms. The van der Waals surface area contributed by atoms with E-state index in [1.54, 1.807) is 0 Å². The summed E-state index contributed by atoms with van der Waals surface area (Å²) in [7, 11) is 1.48. The van der Waals surface area contributed by atoms with Crippen molar-refractivity contribution in [2.24, 2.45) is 0 Å². The Morgan fingerprint density at radius 2 is 1.06 bits per heavy atom. The number of nitrogens with zero attached hydrogens (tertiary/aromatic N) is 1. The van der Waals surface area contributed by atoms with Crippen LogP contribution in [0.25, 0.3) is 0 Å². The quantitative estimate of drug-likeness (QED) is 0.0224. The van der Waals surface area contributed by atoms with Gasteiger partial charge in [-0.15, -0.1) is 0 Å². The maximum absolute atomic E-state index is 12.6. The van der Waals surface area contributed by atoms with Gasteiger partial charge in [0.15, 0.2) is 6.10 Å². The minimum Gasteiger partial charge on any atom is -0.462 e. The lowest BCUT2D eigenvalue weighted by Crippen LogP contribution is -2.37. The van der Waals surface area contributed by atoms with Gasteiger partial charge in [0.2, 0.25) is 0 Å². The van der Waals surface area contributed by atoms with Gasteiger partial charge in [-0.1, -0.05) is 142 Å². The summed E-state index contributed by atoms with van der Waals surface area (Å²) < 4.78 is 34.2. The molecular weight excluding hydrogens is 641 g/mol. The van der Waals surface area contributed by atoms with Gasteiger partial charge >= 0.3 is 19.8 Å². The third-order valence-electron chi connectivity index (χ3n) is 8.55. The van der Waals surface area contributed by atoms with Crippen molar-refractivity contribution in [1.82, 2.24) is 0 Å². The largest absolute Gasteiger partial charge is 0.472 e. The Labute approximate surface area is 301 Å². The van der Waals surface area contributed by atoms with Gasteiger partial charge in [0.05, 0.1) is 27.7 Å². The molecule has 290 valence electrons. The van der Waals surface area contributed by atoms with E-state index in [4.69, 9.17) is 18.5 Å². The Balaban J connectivity index is 4.41. The summed E-state index contributed by atoms with van der Waals surface area (Å²) in [6.07, 6.45) is 31.1. The molecule has 0 aliphatic carbocycles. The Kier molecular flexibility index (Phi) is 31.8. The molecule has 10 heteroatoms. The Morgan fingerprint density at radius 3 is 1.57 bits per heavy atom. The molecule has 0 aromatic heterocycles. The molecule has 0 aromatic rings. The van der Waals surface area contributed by atoms with E-state index < -0.39 is 26.5 Å². The van der Waals surface area contributed by atoms with Gasteiger partial charge in [-0.25, -0.2) is 4.57 Å². The highest BCUT2D eigenvalue weighted by Crippen LogP contribution is 2.43. The van der Waals surface area contributed by atoms with Gasteiger partial charge in [-0.05, 0) is 32.1 Å². The molecule has 0 amide bonds. The average Bonchev–Trinajstić information content (AvgIpc) is 3.04. The lowest BCUT2D eigenvalue weighted by molar-refractivity contribution is -0.870. The fourth-order valence-electron chi connectivity index (χ4n) is 5.35. The van der Waals surface area contributed by atoms with E-state index in [1.165, 1.54) is 83.5 Å². The number of rotatable bonds is 36. The van der Waals surface area contributed by atoms with Crippen LogP contribution in [0.2, 0.25) is 0 Å². The molecule has 0 saturated heterocycles. The summed E-state index contributed by atoms with van der Waals surface area (Å²) in [5.74, 6) is -0.805. The number of carbonyl (C=O) groups is 2. The Hall–Kier alpha value is -1.25. The number of esters is 2. The average molecular weight is 719 g/mol. The van der Waals surface area contributed by atoms with Crippen LogP contribution in [-0.4, -0.2) is 74.9 Å². The van der Waals surface area contributed by atoms with Crippen LogP contribution in [0.15, 0.2) is 12.2 Å². The first-order chi connectivity index (χ1) is 23.5. The summed E-state index contributed by atoms with van der Waals surface area (Å²) in [5, 5.41) is 0. The first-order valence-corrected chi connectivity index (χ1v) is 21.4. The maximum atomic E-state index is 12.6. The van der Waals surface area contributed by atoms with Gasteiger partial charge in [0.25, 0.3) is 0 Å². The fourth-order valence-corrected chi connectivity index (χ4v) is 6.09. The number of hydrogen-bond donors (Lipinski definition) is 1. The summed E-state index contributed by atoms with van der Waals surface area (Å²) in [5.41, 5.74) is 0. The first-order valence-electron chi connectivity index (χ1n) is 19.9. The van der Waals surface area contributed by atoms with Gasteiger partial charge in [0.1, 0.15) is 19.8 Å². The second-order valence-corrected chi connectivity index (χ2v) is 16.1. The number of allylic oxidation sites excluding steroid dienone is 2. The van der Waals surface area contributed by atoms with E-state index in [0.29, 0.717) is 17.4 Å². The predicted octanol–water partition coefficient (Wildman–Crippen LogP) is 10.6. The van der Waals surface area contributed by atoms with Crippen molar-refractivity contribution in [2.75, 3.05) is 47.5 Å². The second-order valence-electron chi connectivity index (χ2n) is 14.7. The number of hydrogen-bond acceptors (Lipinski definition) is 7. The number of likely N-dealkylation sites (N-methyl/N-ethyl adjacent to an activating group) is 1. The van der Waals surface area contributed by atoms with Crippen molar-refractivity contribution in [3.8, 4) is 0 Å². The molecule has 1 unspecified atom stereocenters. The topological polar surface area (TPSA) is 108 Å². The van der Waals surface area contributed by atoms with E-state index in [9.17, 15) is 19.0 Å². The molecule has 0 aliphatic heterocycles. The highest BCUT2D eigenvalue weighted by atomic mass is 31.2. The van der Waals surface area contributed by atoms with Crippen molar-refractivity contribution in [3.05, 3.63) is 12.2 Å². The van der Waals surface area contributed by atoms with Crippen LogP contribution in [0.5, 0.6) is 0 Å². The number of ether oxygens (including phenoxy) is 2. The van der Waals surface area contributed by atoms with Gasteiger partial charge in [-0.2, -0.15) is 0 Å². The predicted molar refractivity (Wildman–Crippen MR) is 201 cm³/mol. The molecule has 0 aliphatic rings. The van der Waals surface area contributed by atoms with Crippen LogP contribution in [0.4, 0.5) is 0 Å². The molecular formula is C39H77NO8P+. The fraction of sp³-hybridized carbons (Fsp3) is 0.897. The number of phosphoric ester groups is 1. The lowest BCUT2D eigenvalue weighted by atomic mass is 10.0. The van der Waals surface area contributed by atoms with Crippen LogP contribution in [0.3, 0.4) is 0 Å². The minimum atomic E-state index is -4.36. The van der Waals surface area contributed by atoms with Crippen molar-refractivity contribution in [3.63, 3.8) is 0 Å². The smallest absolute Gasteiger partial charge is 0.462 e. The van der Waals surface area contributed by atoms with Crippen molar-refractivity contribution < 1.29 is 42.1 Å². The summed E-state index contributed by atoms with van der Waals surface area (Å²) in [6.45, 7) is 4.37. The van der Waals surface area contributed by atoms with Crippen LogP contribution in [0.1, 0.15) is 174 Å². The molecule has 0 radical (unpaired) electrons. The monoisotopic (exact) mass is 719 g/mol. The van der Waals surface area contributed by atoms with Gasteiger partial charge < -0.3 is 18.9 Å². The maximum Gasteiger partial charge on any atom is 0.472 e. The highest BCUT2D eigenvalue weighted by Gasteiger charge is 2.27. The molecule has 0 aromatic carbocycles. The zero-order valence-electron chi connectivity index (χ0n) is 32.4. The third kappa shape index (κ3) is 36.3.